The fourth-order valence-corrected chi connectivity index (χ4v) is 8.50. The van der Waals surface area contributed by atoms with Crippen LogP contribution in [0.2, 0.25) is 0 Å². The van der Waals surface area contributed by atoms with Gasteiger partial charge in [-0.2, -0.15) is 0 Å². The molecule has 0 saturated carbocycles. The summed E-state index contributed by atoms with van der Waals surface area (Å²) in [5.74, 6) is -1.27. The summed E-state index contributed by atoms with van der Waals surface area (Å²) in [6.45, 7) is 28.9. The molecule has 0 atom stereocenters. The smallest absolute Gasteiger partial charge is 0.359 e. The maximum absolute atomic E-state index is 13.2. The van der Waals surface area contributed by atoms with Crippen LogP contribution in [0.5, 0.6) is 0 Å². The van der Waals surface area contributed by atoms with E-state index in [0.717, 1.165) is 11.1 Å². The number of rotatable bonds is 16. The Hall–Kier alpha value is -3.02. The van der Waals surface area contributed by atoms with E-state index in [9.17, 15) is 24.3 Å². The average Bonchev–Trinajstić information content (AvgIpc) is 3.55. The lowest BCUT2D eigenvalue weighted by atomic mass is 9.65. The Bertz CT molecular complexity index is 1530. The molecule has 2 aromatic rings. The first-order chi connectivity index (χ1) is 22.2. The summed E-state index contributed by atoms with van der Waals surface area (Å²) in [5.41, 5.74) is 1.45. The van der Waals surface area contributed by atoms with Gasteiger partial charge >= 0.3 is 5.97 Å². The lowest BCUT2D eigenvalue weighted by Gasteiger charge is -2.41. The van der Waals surface area contributed by atoms with Crippen LogP contribution >= 0.6 is 22.7 Å². The molecule has 0 spiro atoms. The molecule has 0 aliphatic carbocycles. The summed E-state index contributed by atoms with van der Waals surface area (Å²) >= 11 is 3.53. The summed E-state index contributed by atoms with van der Waals surface area (Å²) < 4.78 is 0.283. The van der Waals surface area contributed by atoms with Crippen molar-refractivity contribution in [1.82, 2.24) is 16.0 Å². The number of nitrogens with zero attached hydrogens (tertiary/aromatic N) is 1. The second-order valence-corrected chi connectivity index (χ2v) is 19.1. The average molecular weight is 718 g/mol. The topological polar surface area (TPSA) is 125 Å². The van der Waals surface area contributed by atoms with Crippen LogP contribution in [0.15, 0.2) is 24.3 Å². The van der Waals surface area contributed by atoms with Gasteiger partial charge in [0.15, 0.2) is 6.54 Å². The minimum Gasteiger partial charge on any atom is -0.477 e. The van der Waals surface area contributed by atoms with E-state index in [-0.39, 0.29) is 63.3 Å². The molecule has 0 aliphatic rings. The molecule has 0 unspecified atom stereocenters. The number of aliphatic carboxylic acids is 1. The van der Waals surface area contributed by atoms with Crippen molar-refractivity contribution >= 4 is 46.4 Å². The zero-order valence-corrected chi connectivity index (χ0v) is 33.8. The van der Waals surface area contributed by atoms with Gasteiger partial charge in [-0.15, -0.1) is 22.7 Å². The summed E-state index contributed by atoms with van der Waals surface area (Å²) in [5, 5.41) is 17.9. The van der Waals surface area contributed by atoms with Gasteiger partial charge in [-0.1, -0.05) is 75.8 Å². The first-order valence-electron chi connectivity index (χ1n) is 17.0. The molecule has 9 nitrogen and oxygen atoms in total. The summed E-state index contributed by atoms with van der Waals surface area (Å²) in [6, 6.07) is 4.38. The maximum atomic E-state index is 13.2. The molecule has 11 heteroatoms. The molecule has 4 N–H and O–H groups in total. The minimum absolute atomic E-state index is 0.00778. The Labute approximate surface area is 302 Å². The van der Waals surface area contributed by atoms with Gasteiger partial charge in [-0.25, -0.2) is 4.79 Å². The van der Waals surface area contributed by atoms with Crippen molar-refractivity contribution in [2.24, 2.45) is 0 Å². The van der Waals surface area contributed by atoms with Gasteiger partial charge in [-0.05, 0) is 41.0 Å². The molecular weight excluding hydrogens is 657 g/mol. The Morgan fingerprint density at radius 1 is 0.714 bits per heavy atom. The molecule has 0 saturated heterocycles. The lowest BCUT2D eigenvalue weighted by Crippen LogP contribution is -2.48. The predicted molar refractivity (Wildman–Crippen MR) is 203 cm³/mol. The van der Waals surface area contributed by atoms with E-state index in [0.29, 0.717) is 31.8 Å². The van der Waals surface area contributed by atoms with Crippen LogP contribution in [-0.2, 0) is 53.7 Å². The van der Waals surface area contributed by atoms with E-state index in [1.165, 1.54) is 19.5 Å². The number of nitrogens with one attached hydrogen (secondary N) is 3. The predicted octanol–water partition coefficient (Wildman–Crippen LogP) is 5.83. The highest BCUT2D eigenvalue weighted by atomic mass is 32.1. The van der Waals surface area contributed by atoms with Crippen LogP contribution in [0.25, 0.3) is 0 Å². The zero-order valence-electron chi connectivity index (χ0n) is 32.2. The fraction of sp³-hybridized carbons (Fsp3) is 0.632. The largest absolute Gasteiger partial charge is 0.477 e. The third-order valence-electron chi connectivity index (χ3n) is 9.21. The van der Waals surface area contributed by atoms with Crippen LogP contribution < -0.4 is 16.0 Å². The number of carboxylic acids is 1. The first-order valence-corrected chi connectivity index (χ1v) is 18.6. The molecule has 0 aromatic carbocycles. The molecule has 274 valence electrons. The summed E-state index contributed by atoms with van der Waals surface area (Å²) in [6.07, 6.45) is 0.484. The van der Waals surface area contributed by atoms with Crippen LogP contribution in [0, 0.1) is 0 Å². The number of likely N-dealkylation sites (N-methyl/N-ethyl adjacent to an activating group) is 1. The third-order valence-corrected chi connectivity index (χ3v) is 13.1. The first kappa shape index (κ1) is 42.1. The zero-order chi connectivity index (χ0) is 37.8. The Balaban J connectivity index is 2.39. The number of carboxylic acid groups (broad SMARTS) is 1. The van der Waals surface area contributed by atoms with Crippen molar-refractivity contribution in [2.45, 2.75) is 111 Å². The van der Waals surface area contributed by atoms with E-state index in [1.807, 2.05) is 14.1 Å². The molecule has 2 heterocycles. The molecule has 0 aliphatic heterocycles. The van der Waals surface area contributed by atoms with Crippen molar-refractivity contribution in [1.29, 1.82) is 0 Å². The number of thiophene rings is 2. The van der Waals surface area contributed by atoms with Crippen molar-refractivity contribution in [3.8, 4) is 0 Å². The minimum atomic E-state index is -0.865. The lowest BCUT2D eigenvalue weighted by molar-refractivity contribution is -0.881. The Morgan fingerprint density at radius 3 is 1.67 bits per heavy atom. The SMILES string of the molecule is C=C(C)C(=O)NCCNC(=O)Cc1cc(C(C)(C)C)sc1C(C)(C)C(C)(C)c1cc(CC(=O)NCC[N+](C)(C)CC(=O)O)c(C(C)(C)C)s1. The third kappa shape index (κ3) is 11.5. The van der Waals surface area contributed by atoms with Gasteiger partial charge in [-0.3, -0.25) is 14.4 Å². The van der Waals surface area contributed by atoms with Crippen molar-refractivity contribution in [2.75, 3.05) is 46.8 Å². The van der Waals surface area contributed by atoms with Crippen molar-refractivity contribution < 1.29 is 28.8 Å². The van der Waals surface area contributed by atoms with Crippen LogP contribution in [0.3, 0.4) is 0 Å². The molecule has 2 aromatic heterocycles. The summed E-state index contributed by atoms with van der Waals surface area (Å²) in [4.78, 5) is 54.1. The number of hydrogen-bond donors (Lipinski definition) is 4. The highest BCUT2D eigenvalue weighted by molar-refractivity contribution is 7.13. The molecule has 49 heavy (non-hydrogen) atoms. The van der Waals surface area contributed by atoms with E-state index in [1.54, 1.807) is 29.6 Å². The van der Waals surface area contributed by atoms with Gasteiger partial charge in [0.05, 0.1) is 40.0 Å². The second kappa shape index (κ2) is 15.9. The van der Waals surface area contributed by atoms with E-state index >= 15 is 0 Å². The molecule has 0 bridgehead atoms. The quantitative estimate of drug-likeness (QED) is 0.0989. The second-order valence-electron chi connectivity index (χ2n) is 17.0. The molecular formula is C38H61N4O5S2+. The monoisotopic (exact) mass is 717 g/mol. The van der Waals surface area contributed by atoms with Crippen LogP contribution in [0.1, 0.15) is 107 Å². The van der Waals surface area contributed by atoms with Gasteiger partial charge < -0.3 is 25.5 Å². The van der Waals surface area contributed by atoms with Crippen LogP contribution in [-0.4, -0.2) is 80.1 Å². The number of quaternary nitrogens is 1. The molecule has 0 fully saturated rings. The molecule has 0 radical (unpaired) electrons. The Morgan fingerprint density at radius 2 is 1.18 bits per heavy atom. The van der Waals surface area contributed by atoms with Crippen molar-refractivity contribution in [3.63, 3.8) is 0 Å². The number of carbonyl (C=O) groups is 4. The summed E-state index contributed by atoms with van der Waals surface area (Å²) in [7, 11) is 3.69. The van der Waals surface area contributed by atoms with Gasteiger partial charge in [0.1, 0.15) is 0 Å². The molecule has 2 rings (SSSR count). The number of carbonyl (C=O) groups excluding carboxylic acids is 3. The number of amides is 3. The van der Waals surface area contributed by atoms with E-state index in [2.05, 4.69) is 104 Å². The Kier molecular flexibility index (Phi) is 13.7. The standard InChI is InChI=1S/C38H60N4O5S2/c1-24(2)34(47)41-16-15-39-29(43)22-26-19-27(35(3,4)5)48-33(26)38(11,12)37(9,10)28-20-25(32(49-28)36(6,7)8)21-30(44)40-17-18-42(13,14)23-31(45)46/h19-20H,1,15-18,21-23H2,2-14H3,(H3-,39,40,41,43,44,45,46,47)/p+1. The van der Waals surface area contributed by atoms with Gasteiger partial charge in [0, 0.05) is 49.0 Å². The van der Waals surface area contributed by atoms with E-state index in [4.69, 9.17) is 0 Å². The van der Waals surface area contributed by atoms with Crippen LogP contribution in [0.4, 0.5) is 0 Å². The highest BCUT2D eigenvalue weighted by Crippen LogP contribution is 2.52. The normalized spacial score (nSPS) is 12.8. The molecule has 3 amide bonds. The van der Waals surface area contributed by atoms with Gasteiger partial charge in [0.25, 0.3) is 0 Å². The fourth-order valence-electron chi connectivity index (χ4n) is 5.50. The van der Waals surface area contributed by atoms with E-state index < -0.39 is 5.97 Å². The van der Waals surface area contributed by atoms with Gasteiger partial charge in [0.2, 0.25) is 17.7 Å². The van der Waals surface area contributed by atoms with Crippen molar-refractivity contribution in [3.05, 3.63) is 54.9 Å². The maximum Gasteiger partial charge on any atom is 0.359 e. The number of hydrogen-bond acceptors (Lipinski definition) is 6. The highest BCUT2D eigenvalue weighted by Gasteiger charge is 2.44.